The number of primary amides is 1. The Morgan fingerprint density at radius 3 is 2.31 bits per heavy atom. The fourth-order valence-electron chi connectivity index (χ4n) is 2.24. The first-order valence-corrected chi connectivity index (χ1v) is 8.38. The van der Waals surface area contributed by atoms with Crippen LogP contribution in [0.1, 0.15) is 31.2 Å². The number of nitrogens with one attached hydrogen (secondary N) is 2. The molecular formula is C17H26N4O5. The third kappa shape index (κ3) is 8.34. The average Bonchev–Trinajstić information content (AvgIpc) is 2.55. The molecule has 0 saturated heterocycles. The van der Waals surface area contributed by atoms with Crippen LogP contribution in [0.25, 0.3) is 0 Å². The Balaban J connectivity index is 2.10. The van der Waals surface area contributed by atoms with Crippen LogP contribution in [0.4, 0.5) is 0 Å². The van der Waals surface area contributed by atoms with E-state index in [0.717, 1.165) is 12.8 Å². The molecule has 1 atom stereocenters. The molecule has 9 nitrogen and oxygen atoms in total. The molecular weight excluding hydrogens is 340 g/mol. The largest absolute Gasteiger partial charge is 0.508 e. The van der Waals surface area contributed by atoms with Crippen LogP contribution in [0, 0.1) is 0 Å². The first kappa shape index (κ1) is 21.2. The zero-order valence-corrected chi connectivity index (χ0v) is 14.5. The van der Waals surface area contributed by atoms with Gasteiger partial charge < -0.3 is 32.3 Å². The number of nitrogens with two attached hydrogens (primary N) is 2. The van der Waals surface area contributed by atoms with Gasteiger partial charge in [0.25, 0.3) is 0 Å². The van der Waals surface area contributed by atoms with Crippen molar-refractivity contribution < 1.29 is 24.6 Å². The summed E-state index contributed by atoms with van der Waals surface area (Å²) in [5.41, 5.74) is 10.9. The fraction of sp³-hybridized carbons (Fsp3) is 0.471. The van der Waals surface area contributed by atoms with Gasteiger partial charge in [-0.25, -0.2) is 0 Å². The van der Waals surface area contributed by atoms with Gasteiger partial charge in [0, 0.05) is 24.7 Å². The van der Waals surface area contributed by atoms with Gasteiger partial charge in [-0.1, -0.05) is 6.07 Å². The number of carbonyl (C=O) groups excluding carboxylic acids is 3. The van der Waals surface area contributed by atoms with E-state index in [1.807, 2.05) is 0 Å². The zero-order chi connectivity index (χ0) is 19.5. The summed E-state index contributed by atoms with van der Waals surface area (Å²) in [6.45, 7) is 0.910. The molecule has 8 N–H and O–H groups in total. The maximum absolute atomic E-state index is 11.8. The van der Waals surface area contributed by atoms with Gasteiger partial charge in [-0.2, -0.15) is 0 Å². The van der Waals surface area contributed by atoms with Crippen LogP contribution >= 0.6 is 0 Å². The molecule has 0 aliphatic carbocycles. The van der Waals surface area contributed by atoms with Crippen molar-refractivity contribution in [1.82, 2.24) is 10.6 Å². The number of benzene rings is 1. The average molecular weight is 366 g/mol. The molecule has 1 rings (SSSR count). The minimum Gasteiger partial charge on any atom is -0.508 e. The second-order valence-electron chi connectivity index (χ2n) is 5.97. The topological polar surface area (TPSA) is 168 Å². The van der Waals surface area contributed by atoms with E-state index in [9.17, 15) is 24.6 Å². The monoisotopic (exact) mass is 366 g/mol. The first-order valence-electron chi connectivity index (χ1n) is 8.38. The van der Waals surface area contributed by atoms with Crippen LogP contribution in [0.3, 0.4) is 0 Å². The summed E-state index contributed by atoms with van der Waals surface area (Å²) >= 11 is 0. The van der Waals surface area contributed by atoms with Crippen LogP contribution in [0.2, 0.25) is 0 Å². The summed E-state index contributed by atoms with van der Waals surface area (Å²) < 4.78 is 0. The lowest BCUT2D eigenvalue weighted by Gasteiger charge is -2.10. The van der Waals surface area contributed by atoms with Gasteiger partial charge >= 0.3 is 0 Å². The number of carbonyl (C=O) groups is 3. The van der Waals surface area contributed by atoms with E-state index >= 15 is 0 Å². The van der Waals surface area contributed by atoms with E-state index in [-0.39, 0.29) is 30.2 Å². The minimum atomic E-state index is -0.928. The summed E-state index contributed by atoms with van der Waals surface area (Å²) in [6, 6.07) is 3.16. The molecule has 0 fully saturated rings. The molecule has 0 unspecified atom stereocenters. The van der Waals surface area contributed by atoms with E-state index in [1.54, 1.807) is 0 Å². The number of amides is 3. The van der Waals surface area contributed by atoms with E-state index < -0.39 is 17.9 Å². The smallest absolute Gasteiger partial charge is 0.237 e. The van der Waals surface area contributed by atoms with Crippen LogP contribution in [0.5, 0.6) is 11.5 Å². The predicted molar refractivity (Wildman–Crippen MR) is 95.1 cm³/mol. The van der Waals surface area contributed by atoms with Crippen molar-refractivity contribution in [2.24, 2.45) is 11.5 Å². The lowest BCUT2D eigenvalue weighted by atomic mass is 10.1. The van der Waals surface area contributed by atoms with E-state index in [2.05, 4.69) is 10.6 Å². The molecule has 1 aromatic rings. The molecule has 0 spiro atoms. The summed E-state index contributed by atoms with van der Waals surface area (Å²) in [5.74, 6) is -1.44. The van der Waals surface area contributed by atoms with Gasteiger partial charge in [-0.15, -0.1) is 0 Å². The molecule has 9 heteroatoms. The van der Waals surface area contributed by atoms with E-state index in [1.165, 1.54) is 18.2 Å². The summed E-state index contributed by atoms with van der Waals surface area (Å²) in [4.78, 5) is 34.0. The van der Waals surface area contributed by atoms with Crippen molar-refractivity contribution in [3.05, 3.63) is 23.8 Å². The second-order valence-corrected chi connectivity index (χ2v) is 5.97. The standard InChI is InChI=1S/C17H26N4O5/c18-13(10-15(19)24)17(26)21-7-3-1-2-6-20-16(25)8-11-4-5-12(22)9-14(11)23/h4-5,9,13,22-23H,1-3,6-8,10,18H2,(H2,19,24)(H,20,25)(H,21,26)/t13-/m1/s1. The lowest BCUT2D eigenvalue weighted by molar-refractivity contribution is -0.126. The third-order valence-electron chi connectivity index (χ3n) is 3.65. The summed E-state index contributed by atoms with van der Waals surface area (Å²) in [6.07, 6.45) is 2.07. The number of unbranched alkanes of at least 4 members (excludes halogenated alkanes) is 2. The van der Waals surface area contributed by atoms with Crippen molar-refractivity contribution in [1.29, 1.82) is 0 Å². The highest BCUT2D eigenvalue weighted by Gasteiger charge is 2.14. The minimum absolute atomic E-state index is 0.0277. The highest BCUT2D eigenvalue weighted by atomic mass is 16.3. The van der Waals surface area contributed by atoms with Crippen molar-refractivity contribution in [3.8, 4) is 11.5 Å². The lowest BCUT2D eigenvalue weighted by Crippen LogP contribution is -2.43. The van der Waals surface area contributed by atoms with Crippen molar-refractivity contribution >= 4 is 17.7 Å². The fourth-order valence-corrected chi connectivity index (χ4v) is 2.24. The normalized spacial score (nSPS) is 11.6. The SMILES string of the molecule is NC(=O)C[C@@H](N)C(=O)NCCCCCNC(=O)Cc1ccc(O)cc1O. The Hall–Kier alpha value is -2.81. The van der Waals surface area contributed by atoms with E-state index in [4.69, 9.17) is 11.5 Å². The third-order valence-corrected chi connectivity index (χ3v) is 3.65. The molecule has 144 valence electrons. The van der Waals surface area contributed by atoms with Gasteiger partial charge in [-0.3, -0.25) is 14.4 Å². The maximum atomic E-state index is 11.8. The highest BCUT2D eigenvalue weighted by Crippen LogP contribution is 2.22. The van der Waals surface area contributed by atoms with Gasteiger partial charge in [0.2, 0.25) is 17.7 Å². The second kappa shape index (κ2) is 10.9. The molecule has 0 aromatic heterocycles. The number of phenols is 2. The Bertz CT molecular complexity index is 636. The molecule has 26 heavy (non-hydrogen) atoms. The molecule has 0 aliphatic rings. The van der Waals surface area contributed by atoms with Crippen LogP contribution in [-0.2, 0) is 20.8 Å². The molecule has 1 aromatic carbocycles. The summed E-state index contributed by atoms with van der Waals surface area (Å²) in [7, 11) is 0. The van der Waals surface area contributed by atoms with Crippen molar-refractivity contribution in [2.45, 2.75) is 38.1 Å². The number of phenolic OH excluding ortho intramolecular Hbond substituents is 2. The Morgan fingerprint density at radius 1 is 1.04 bits per heavy atom. The van der Waals surface area contributed by atoms with Gasteiger partial charge in [-0.05, 0) is 25.3 Å². The highest BCUT2D eigenvalue weighted by molar-refractivity contribution is 5.87. The first-order chi connectivity index (χ1) is 12.3. The van der Waals surface area contributed by atoms with Crippen LogP contribution in [0.15, 0.2) is 18.2 Å². The molecule has 3 amide bonds. The Morgan fingerprint density at radius 2 is 1.69 bits per heavy atom. The predicted octanol–water partition coefficient (Wildman–Crippen LogP) is -0.754. The van der Waals surface area contributed by atoms with E-state index in [0.29, 0.717) is 25.1 Å². The van der Waals surface area contributed by atoms with Gasteiger partial charge in [0.05, 0.1) is 18.9 Å². The molecule has 0 radical (unpaired) electrons. The van der Waals surface area contributed by atoms with Crippen molar-refractivity contribution in [3.63, 3.8) is 0 Å². The Kier molecular flexibility index (Phi) is 8.93. The number of hydrogen-bond acceptors (Lipinski definition) is 6. The van der Waals surface area contributed by atoms with Crippen LogP contribution in [-0.4, -0.2) is 47.1 Å². The van der Waals surface area contributed by atoms with Crippen LogP contribution < -0.4 is 22.1 Å². The van der Waals surface area contributed by atoms with Crippen molar-refractivity contribution in [2.75, 3.05) is 13.1 Å². The van der Waals surface area contributed by atoms with Gasteiger partial charge in [0.1, 0.15) is 11.5 Å². The molecule has 0 heterocycles. The maximum Gasteiger partial charge on any atom is 0.237 e. The zero-order valence-electron chi connectivity index (χ0n) is 14.5. The molecule has 0 bridgehead atoms. The summed E-state index contributed by atoms with van der Waals surface area (Å²) in [5, 5.41) is 24.2. The van der Waals surface area contributed by atoms with Gasteiger partial charge in [0.15, 0.2) is 0 Å². The molecule has 0 aliphatic heterocycles. The Labute approximate surface area is 151 Å². The quantitative estimate of drug-likeness (QED) is 0.282. The number of rotatable bonds is 11. The number of aromatic hydroxyl groups is 2. The molecule has 0 saturated carbocycles. The number of hydrogen-bond donors (Lipinski definition) is 6.